The first-order chi connectivity index (χ1) is 14.7. The molecular formula is C24H29N5O. The number of pyridine rings is 1. The van der Waals surface area contributed by atoms with Gasteiger partial charge in [-0.05, 0) is 50.3 Å². The standard InChI is InChI=1S/C24H29N5O/c1-18-16-23(20-7-3-5-9-22(20)25-18)28-13-10-27(11-14-28)12-15-29-24(30)17-19-6-2-4-8-21(19)26-29/h3,5,7,9,16-17H,2,4,6,8,10-15H2,1H3. The molecule has 2 aliphatic rings. The van der Waals surface area contributed by atoms with E-state index in [9.17, 15) is 4.79 Å². The molecule has 2 aromatic heterocycles. The van der Waals surface area contributed by atoms with Gasteiger partial charge in [0, 0.05) is 55.6 Å². The third-order valence-corrected chi connectivity index (χ3v) is 6.44. The van der Waals surface area contributed by atoms with E-state index in [4.69, 9.17) is 0 Å². The van der Waals surface area contributed by atoms with Gasteiger partial charge in [0.2, 0.25) is 0 Å². The van der Waals surface area contributed by atoms with Gasteiger partial charge in [-0.1, -0.05) is 18.2 Å². The van der Waals surface area contributed by atoms with E-state index in [0.717, 1.165) is 68.0 Å². The summed E-state index contributed by atoms with van der Waals surface area (Å²) in [4.78, 5) is 22.0. The minimum absolute atomic E-state index is 0.0491. The summed E-state index contributed by atoms with van der Waals surface area (Å²) in [6.07, 6.45) is 4.37. The molecule has 1 saturated heterocycles. The van der Waals surface area contributed by atoms with E-state index in [2.05, 4.69) is 51.1 Å². The van der Waals surface area contributed by atoms with Gasteiger partial charge < -0.3 is 4.90 Å². The van der Waals surface area contributed by atoms with Gasteiger partial charge in [0.15, 0.2) is 0 Å². The van der Waals surface area contributed by atoms with Gasteiger partial charge in [-0.15, -0.1) is 0 Å². The van der Waals surface area contributed by atoms with Crippen LogP contribution in [0, 0.1) is 6.92 Å². The van der Waals surface area contributed by atoms with Crippen molar-refractivity contribution >= 4 is 16.6 Å². The molecule has 0 N–H and O–H groups in total. The highest BCUT2D eigenvalue weighted by Gasteiger charge is 2.20. The molecule has 156 valence electrons. The monoisotopic (exact) mass is 403 g/mol. The van der Waals surface area contributed by atoms with Crippen LogP contribution in [0.2, 0.25) is 0 Å². The largest absolute Gasteiger partial charge is 0.368 e. The van der Waals surface area contributed by atoms with Crippen molar-refractivity contribution in [3.05, 3.63) is 63.7 Å². The number of hydrogen-bond donors (Lipinski definition) is 0. The molecule has 0 unspecified atom stereocenters. The molecule has 1 aliphatic carbocycles. The van der Waals surface area contributed by atoms with Crippen LogP contribution in [0.15, 0.2) is 41.2 Å². The molecule has 30 heavy (non-hydrogen) atoms. The molecule has 1 fully saturated rings. The molecule has 1 aromatic carbocycles. The normalized spacial score (nSPS) is 17.3. The summed E-state index contributed by atoms with van der Waals surface area (Å²) in [6, 6.07) is 12.4. The number of aryl methyl sites for hydroxylation is 3. The average Bonchev–Trinajstić information content (AvgIpc) is 2.77. The first-order valence-electron chi connectivity index (χ1n) is 11.1. The lowest BCUT2D eigenvalue weighted by molar-refractivity contribution is 0.242. The van der Waals surface area contributed by atoms with Crippen molar-refractivity contribution in [3.8, 4) is 0 Å². The van der Waals surface area contributed by atoms with Crippen LogP contribution in [-0.4, -0.2) is 52.4 Å². The zero-order valence-corrected chi connectivity index (χ0v) is 17.7. The van der Waals surface area contributed by atoms with Crippen molar-refractivity contribution in [2.45, 2.75) is 39.2 Å². The number of benzene rings is 1. The Kier molecular flexibility index (Phi) is 5.25. The van der Waals surface area contributed by atoms with Crippen molar-refractivity contribution in [2.24, 2.45) is 0 Å². The van der Waals surface area contributed by atoms with Gasteiger partial charge >= 0.3 is 0 Å². The number of aromatic nitrogens is 3. The van der Waals surface area contributed by atoms with Gasteiger partial charge in [0.05, 0.1) is 17.8 Å². The zero-order valence-electron chi connectivity index (χ0n) is 17.7. The topological polar surface area (TPSA) is 54.3 Å². The molecule has 1 aliphatic heterocycles. The van der Waals surface area contributed by atoms with Crippen molar-refractivity contribution in [2.75, 3.05) is 37.6 Å². The molecule has 3 heterocycles. The van der Waals surface area contributed by atoms with E-state index in [-0.39, 0.29) is 5.56 Å². The van der Waals surface area contributed by atoms with Gasteiger partial charge in [0.1, 0.15) is 0 Å². The lowest BCUT2D eigenvalue weighted by Crippen LogP contribution is -2.47. The predicted molar refractivity (Wildman–Crippen MR) is 120 cm³/mol. The van der Waals surface area contributed by atoms with E-state index in [0.29, 0.717) is 6.54 Å². The van der Waals surface area contributed by atoms with Crippen molar-refractivity contribution in [1.82, 2.24) is 19.7 Å². The highest BCUT2D eigenvalue weighted by atomic mass is 16.1. The Hall–Kier alpha value is -2.73. The van der Waals surface area contributed by atoms with Crippen LogP contribution in [0.25, 0.3) is 10.9 Å². The number of para-hydroxylation sites is 1. The minimum Gasteiger partial charge on any atom is -0.368 e. The fraction of sp³-hybridized carbons (Fsp3) is 0.458. The molecule has 0 amide bonds. The minimum atomic E-state index is 0.0491. The summed E-state index contributed by atoms with van der Waals surface area (Å²) in [7, 11) is 0. The Bertz CT molecular complexity index is 1110. The lowest BCUT2D eigenvalue weighted by atomic mass is 9.97. The molecular weight excluding hydrogens is 374 g/mol. The maximum atomic E-state index is 12.4. The van der Waals surface area contributed by atoms with Gasteiger partial charge in [-0.3, -0.25) is 14.7 Å². The highest BCUT2D eigenvalue weighted by Crippen LogP contribution is 2.27. The highest BCUT2D eigenvalue weighted by molar-refractivity contribution is 5.92. The SMILES string of the molecule is Cc1cc(N2CCN(CCn3nc4c(cc3=O)CCCC4)CC2)c2ccccc2n1. The Morgan fingerprint density at radius 2 is 1.77 bits per heavy atom. The van der Waals surface area contributed by atoms with Crippen LogP contribution in [0.4, 0.5) is 5.69 Å². The van der Waals surface area contributed by atoms with Gasteiger partial charge in [-0.25, -0.2) is 4.68 Å². The molecule has 0 spiro atoms. The molecule has 6 nitrogen and oxygen atoms in total. The number of nitrogens with zero attached hydrogens (tertiary/aromatic N) is 5. The maximum absolute atomic E-state index is 12.4. The Labute approximate surface area is 177 Å². The number of anilines is 1. The Morgan fingerprint density at radius 3 is 2.63 bits per heavy atom. The number of hydrogen-bond acceptors (Lipinski definition) is 5. The van der Waals surface area contributed by atoms with E-state index in [1.165, 1.54) is 23.9 Å². The molecule has 0 atom stereocenters. The molecule has 0 saturated carbocycles. The predicted octanol–water partition coefficient (Wildman–Crippen LogP) is 2.80. The smallest absolute Gasteiger partial charge is 0.267 e. The van der Waals surface area contributed by atoms with E-state index in [1.807, 2.05) is 12.1 Å². The molecule has 0 radical (unpaired) electrons. The summed E-state index contributed by atoms with van der Waals surface area (Å²) < 4.78 is 1.68. The van der Waals surface area contributed by atoms with E-state index >= 15 is 0 Å². The van der Waals surface area contributed by atoms with Crippen molar-refractivity contribution in [3.63, 3.8) is 0 Å². The van der Waals surface area contributed by atoms with Crippen LogP contribution in [-0.2, 0) is 19.4 Å². The van der Waals surface area contributed by atoms with Crippen LogP contribution < -0.4 is 10.5 Å². The summed E-state index contributed by atoms with van der Waals surface area (Å²) in [6.45, 7) is 7.57. The Morgan fingerprint density at radius 1 is 0.967 bits per heavy atom. The summed E-state index contributed by atoms with van der Waals surface area (Å²) in [5, 5.41) is 5.89. The molecule has 5 rings (SSSR count). The third kappa shape index (κ3) is 3.84. The summed E-state index contributed by atoms with van der Waals surface area (Å²) in [5.74, 6) is 0. The number of rotatable bonds is 4. The van der Waals surface area contributed by atoms with E-state index < -0.39 is 0 Å². The number of fused-ring (bicyclic) bond motifs is 2. The quantitative estimate of drug-likeness (QED) is 0.671. The van der Waals surface area contributed by atoms with Gasteiger partial charge in [-0.2, -0.15) is 5.10 Å². The van der Waals surface area contributed by atoms with Gasteiger partial charge in [0.25, 0.3) is 5.56 Å². The molecule has 3 aromatic rings. The second kappa shape index (κ2) is 8.19. The first-order valence-corrected chi connectivity index (χ1v) is 11.1. The summed E-state index contributed by atoms with van der Waals surface area (Å²) in [5.41, 5.74) is 5.75. The Balaban J connectivity index is 1.24. The van der Waals surface area contributed by atoms with E-state index in [1.54, 1.807) is 4.68 Å². The first kappa shape index (κ1) is 19.2. The fourth-order valence-electron chi connectivity index (χ4n) is 4.76. The zero-order chi connectivity index (χ0) is 20.5. The third-order valence-electron chi connectivity index (χ3n) is 6.44. The lowest BCUT2D eigenvalue weighted by Gasteiger charge is -2.36. The van der Waals surface area contributed by atoms with Crippen LogP contribution in [0.5, 0.6) is 0 Å². The molecule has 6 heteroatoms. The average molecular weight is 404 g/mol. The number of piperazine rings is 1. The molecule has 0 bridgehead atoms. The van der Waals surface area contributed by atoms with Crippen LogP contribution in [0.3, 0.4) is 0 Å². The van der Waals surface area contributed by atoms with Crippen molar-refractivity contribution in [1.29, 1.82) is 0 Å². The summed E-state index contributed by atoms with van der Waals surface area (Å²) >= 11 is 0. The fourth-order valence-corrected chi connectivity index (χ4v) is 4.76. The van der Waals surface area contributed by atoms with Crippen LogP contribution >= 0.6 is 0 Å². The maximum Gasteiger partial charge on any atom is 0.267 e. The second-order valence-corrected chi connectivity index (χ2v) is 8.51. The van der Waals surface area contributed by atoms with Crippen molar-refractivity contribution < 1.29 is 0 Å². The second-order valence-electron chi connectivity index (χ2n) is 8.51. The van der Waals surface area contributed by atoms with Crippen LogP contribution in [0.1, 0.15) is 29.8 Å².